The first kappa shape index (κ1) is 16.1. The molecule has 0 bridgehead atoms. The SMILES string of the molecule is C(=Nn1c2ccccc2c2ccccc21)c1c2ccccc2cc2ccccc12. The molecule has 6 aromatic rings. The number of para-hydroxylation sites is 2. The summed E-state index contributed by atoms with van der Waals surface area (Å²) in [6, 6.07) is 36.2. The van der Waals surface area contributed by atoms with E-state index in [0.29, 0.717) is 0 Å². The van der Waals surface area contributed by atoms with Gasteiger partial charge >= 0.3 is 0 Å². The van der Waals surface area contributed by atoms with Crippen molar-refractivity contribution in [1.82, 2.24) is 4.68 Å². The van der Waals surface area contributed by atoms with Gasteiger partial charge in [0.1, 0.15) is 0 Å². The van der Waals surface area contributed by atoms with Gasteiger partial charge in [-0.05, 0) is 39.7 Å². The number of nitrogens with zero attached hydrogens (tertiary/aromatic N) is 2. The molecule has 6 rings (SSSR count). The normalized spacial score (nSPS) is 12.0. The van der Waals surface area contributed by atoms with Gasteiger partial charge in [0.05, 0.1) is 17.2 Å². The van der Waals surface area contributed by atoms with Crippen LogP contribution in [-0.2, 0) is 0 Å². The highest BCUT2D eigenvalue weighted by atomic mass is 15.3. The molecule has 0 saturated heterocycles. The fraction of sp³-hybridized carbons (Fsp3) is 0. The smallest absolute Gasteiger partial charge is 0.0732 e. The van der Waals surface area contributed by atoms with E-state index in [9.17, 15) is 0 Å². The number of hydrogen-bond donors (Lipinski definition) is 0. The molecule has 0 amide bonds. The molecular formula is C27H18N2. The second-order valence-corrected chi connectivity index (χ2v) is 7.32. The predicted octanol–water partition coefficient (Wildman–Crippen LogP) is 6.98. The Morgan fingerprint density at radius 1 is 0.517 bits per heavy atom. The fourth-order valence-corrected chi connectivity index (χ4v) is 4.33. The fourth-order valence-electron chi connectivity index (χ4n) is 4.33. The molecule has 2 nitrogen and oxygen atoms in total. The molecule has 1 aromatic heterocycles. The summed E-state index contributed by atoms with van der Waals surface area (Å²) >= 11 is 0. The molecular weight excluding hydrogens is 352 g/mol. The number of fused-ring (bicyclic) bond motifs is 5. The van der Waals surface area contributed by atoms with Gasteiger partial charge in [0, 0.05) is 16.3 Å². The highest BCUT2D eigenvalue weighted by molar-refractivity contribution is 6.14. The van der Waals surface area contributed by atoms with Crippen LogP contribution in [0, 0.1) is 0 Å². The van der Waals surface area contributed by atoms with Crippen molar-refractivity contribution in [2.24, 2.45) is 5.10 Å². The van der Waals surface area contributed by atoms with E-state index in [1.54, 1.807) is 0 Å². The number of rotatable bonds is 2. The van der Waals surface area contributed by atoms with Crippen LogP contribution in [0.4, 0.5) is 0 Å². The molecule has 0 aliphatic heterocycles. The van der Waals surface area contributed by atoms with Crippen molar-refractivity contribution < 1.29 is 0 Å². The average Bonchev–Trinajstić information content (AvgIpc) is 3.10. The Bertz CT molecular complexity index is 1450. The molecule has 0 atom stereocenters. The maximum absolute atomic E-state index is 4.98. The molecule has 0 aliphatic carbocycles. The lowest BCUT2D eigenvalue weighted by Gasteiger charge is -2.08. The van der Waals surface area contributed by atoms with Crippen LogP contribution >= 0.6 is 0 Å². The van der Waals surface area contributed by atoms with Crippen molar-refractivity contribution in [3.05, 3.63) is 109 Å². The van der Waals surface area contributed by atoms with Crippen molar-refractivity contribution in [2.45, 2.75) is 0 Å². The van der Waals surface area contributed by atoms with E-state index in [2.05, 4.69) is 108 Å². The maximum atomic E-state index is 4.98. The summed E-state index contributed by atoms with van der Waals surface area (Å²) in [5.74, 6) is 0. The van der Waals surface area contributed by atoms with Gasteiger partial charge in [0.15, 0.2) is 0 Å². The summed E-state index contributed by atoms with van der Waals surface area (Å²) in [6.45, 7) is 0. The molecule has 136 valence electrons. The largest absolute Gasteiger partial charge is 0.232 e. The van der Waals surface area contributed by atoms with E-state index in [0.717, 1.165) is 16.6 Å². The Kier molecular flexibility index (Phi) is 3.50. The van der Waals surface area contributed by atoms with Gasteiger partial charge < -0.3 is 0 Å². The van der Waals surface area contributed by atoms with E-state index >= 15 is 0 Å². The van der Waals surface area contributed by atoms with Gasteiger partial charge in [-0.25, -0.2) is 4.68 Å². The minimum atomic E-state index is 1.12. The lowest BCUT2D eigenvalue weighted by Crippen LogP contribution is -1.93. The molecule has 2 heteroatoms. The lowest BCUT2D eigenvalue weighted by atomic mass is 9.97. The first-order valence-electron chi connectivity index (χ1n) is 9.83. The molecule has 1 heterocycles. The van der Waals surface area contributed by atoms with E-state index < -0.39 is 0 Å². The third-order valence-corrected chi connectivity index (χ3v) is 5.67. The van der Waals surface area contributed by atoms with Crippen LogP contribution in [0.1, 0.15) is 5.56 Å². The first-order valence-corrected chi connectivity index (χ1v) is 9.83. The summed E-state index contributed by atoms with van der Waals surface area (Å²) in [5.41, 5.74) is 3.39. The Balaban J connectivity index is 1.66. The standard InChI is InChI=1S/C27H18N2/c1-3-11-21-19(9-1)17-20-10-2-4-12-22(20)25(21)18-28-29-26-15-7-5-13-23(26)24-14-6-8-16-27(24)29/h1-18H. The van der Waals surface area contributed by atoms with Crippen LogP contribution in [0.3, 0.4) is 0 Å². The van der Waals surface area contributed by atoms with Crippen molar-refractivity contribution >= 4 is 49.6 Å². The molecule has 0 saturated carbocycles. The quantitative estimate of drug-likeness (QED) is 0.231. The Hall–Kier alpha value is -3.91. The Labute approximate surface area is 168 Å². The molecule has 0 fully saturated rings. The lowest BCUT2D eigenvalue weighted by molar-refractivity contribution is 0.975. The van der Waals surface area contributed by atoms with E-state index in [-0.39, 0.29) is 0 Å². The number of aromatic nitrogens is 1. The predicted molar refractivity (Wildman–Crippen MR) is 124 cm³/mol. The second-order valence-electron chi connectivity index (χ2n) is 7.32. The van der Waals surface area contributed by atoms with Crippen molar-refractivity contribution in [1.29, 1.82) is 0 Å². The van der Waals surface area contributed by atoms with Crippen LogP contribution in [0.25, 0.3) is 43.4 Å². The highest BCUT2D eigenvalue weighted by Gasteiger charge is 2.10. The maximum Gasteiger partial charge on any atom is 0.0732 e. The third-order valence-electron chi connectivity index (χ3n) is 5.67. The zero-order valence-corrected chi connectivity index (χ0v) is 15.8. The van der Waals surface area contributed by atoms with Gasteiger partial charge in [-0.15, -0.1) is 0 Å². The van der Waals surface area contributed by atoms with Crippen molar-refractivity contribution in [3.63, 3.8) is 0 Å². The third kappa shape index (κ3) is 2.46. The molecule has 5 aromatic carbocycles. The number of benzene rings is 5. The summed E-state index contributed by atoms with van der Waals surface area (Å²) in [7, 11) is 0. The Morgan fingerprint density at radius 2 is 0.966 bits per heavy atom. The van der Waals surface area contributed by atoms with Crippen LogP contribution < -0.4 is 0 Å². The summed E-state index contributed by atoms with van der Waals surface area (Å²) in [6.07, 6.45) is 2.02. The van der Waals surface area contributed by atoms with Crippen LogP contribution in [0.2, 0.25) is 0 Å². The summed E-state index contributed by atoms with van der Waals surface area (Å²) in [5, 5.41) is 12.3. The minimum Gasteiger partial charge on any atom is -0.232 e. The van der Waals surface area contributed by atoms with Crippen molar-refractivity contribution in [2.75, 3.05) is 0 Å². The zero-order chi connectivity index (χ0) is 19.2. The molecule has 0 unspecified atom stereocenters. The number of hydrogen-bond acceptors (Lipinski definition) is 1. The van der Waals surface area contributed by atoms with E-state index in [4.69, 9.17) is 5.10 Å². The topological polar surface area (TPSA) is 17.3 Å². The van der Waals surface area contributed by atoms with Gasteiger partial charge in [0.25, 0.3) is 0 Å². The second kappa shape index (κ2) is 6.32. The van der Waals surface area contributed by atoms with Crippen LogP contribution in [0.5, 0.6) is 0 Å². The highest BCUT2D eigenvalue weighted by Crippen LogP contribution is 2.30. The molecule has 0 aliphatic rings. The molecule has 0 radical (unpaired) electrons. The van der Waals surface area contributed by atoms with Gasteiger partial charge in [0.2, 0.25) is 0 Å². The van der Waals surface area contributed by atoms with Gasteiger partial charge in [-0.3, -0.25) is 0 Å². The monoisotopic (exact) mass is 370 g/mol. The molecule has 0 N–H and O–H groups in total. The molecule has 0 spiro atoms. The Morgan fingerprint density at radius 3 is 1.52 bits per heavy atom. The molecule has 29 heavy (non-hydrogen) atoms. The van der Waals surface area contributed by atoms with Crippen LogP contribution in [-0.4, -0.2) is 10.9 Å². The van der Waals surface area contributed by atoms with Gasteiger partial charge in [-0.2, -0.15) is 5.10 Å². The first-order chi connectivity index (χ1) is 14.4. The average molecular weight is 370 g/mol. The summed E-state index contributed by atoms with van der Waals surface area (Å²) in [4.78, 5) is 0. The van der Waals surface area contributed by atoms with Crippen LogP contribution in [0.15, 0.2) is 108 Å². The van der Waals surface area contributed by atoms with E-state index in [1.165, 1.54) is 32.3 Å². The van der Waals surface area contributed by atoms with Gasteiger partial charge in [-0.1, -0.05) is 84.9 Å². The van der Waals surface area contributed by atoms with Crippen molar-refractivity contribution in [3.8, 4) is 0 Å². The minimum absolute atomic E-state index is 1.12. The summed E-state index contributed by atoms with van der Waals surface area (Å²) < 4.78 is 2.06. The van der Waals surface area contributed by atoms with E-state index in [1.807, 2.05) is 6.21 Å². The zero-order valence-electron chi connectivity index (χ0n) is 15.8.